The lowest BCUT2D eigenvalue weighted by molar-refractivity contribution is -0.678. The highest BCUT2D eigenvalue weighted by Gasteiger charge is 2.22. The van der Waals surface area contributed by atoms with E-state index in [0.717, 1.165) is 19.4 Å². The molecular formula is C14H20ClNO2. The van der Waals surface area contributed by atoms with Crippen LogP contribution in [0.2, 0.25) is 0 Å². The third-order valence-electron chi connectivity index (χ3n) is 3.48. The SMILES string of the molecule is O=C(O)C1Cc2ccccc2CCCCC[NH2+]1.[Cl-]. The molecule has 0 spiro atoms. The molecule has 100 valence electrons. The minimum Gasteiger partial charge on any atom is -1.00 e. The van der Waals surface area contributed by atoms with Gasteiger partial charge >= 0.3 is 5.97 Å². The smallest absolute Gasteiger partial charge is 0.362 e. The van der Waals surface area contributed by atoms with E-state index in [4.69, 9.17) is 0 Å². The van der Waals surface area contributed by atoms with Crippen molar-refractivity contribution in [3.63, 3.8) is 0 Å². The number of fused-ring (bicyclic) bond motifs is 1. The van der Waals surface area contributed by atoms with Crippen LogP contribution in [0.25, 0.3) is 0 Å². The molecule has 0 saturated carbocycles. The Morgan fingerprint density at radius 3 is 2.61 bits per heavy atom. The summed E-state index contributed by atoms with van der Waals surface area (Å²) in [6.45, 7) is 0.930. The first-order valence-electron chi connectivity index (χ1n) is 6.40. The van der Waals surface area contributed by atoms with E-state index in [1.807, 2.05) is 17.4 Å². The molecule has 0 fully saturated rings. The van der Waals surface area contributed by atoms with Crippen molar-refractivity contribution < 1.29 is 27.6 Å². The molecule has 1 unspecified atom stereocenters. The number of carboxylic acid groups (broad SMARTS) is 1. The molecule has 2 rings (SSSR count). The molecule has 0 saturated heterocycles. The summed E-state index contributed by atoms with van der Waals surface area (Å²) in [5.41, 5.74) is 2.53. The minimum absolute atomic E-state index is 0. The fourth-order valence-electron chi connectivity index (χ4n) is 2.46. The predicted octanol–water partition coefficient (Wildman–Crippen LogP) is -2.02. The molecule has 1 aromatic rings. The van der Waals surface area contributed by atoms with Crippen LogP contribution in [0.1, 0.15) is 30.4 Å². The minimum atomic E-state index is -0.694. The van der Waals surface area contributed by atoms with Gasteiger partial charge < -0.3 is 22.8 Å². The van der Waals surface area contributed by atoms with Gasteiger partial charge in [0.1, 0.15) is 0 Å². The Morgan fingerprint density at radius 1 is 1.17 bits per heavy atom. The van der Waals surface area contributed by atoms with Crippen molar-refractivity contribution in [1.29, 1.82) is 0 Å². The molecule has 0 amide bonds. The summed E-state index contributed by atoms with van der Waals surface area (Å²) in [5.74, 6) is -0.694. The van der Waals surface area contributed by atoms with Crippen LogP contribution in [0, 0.1) is 0 Å². The van der Waals surface area contributed by atoms with Crippen LogP contribution >= 0.6 is 0 Å². The third kappa shape index (κ3) is 4.00. The Bertz CT molecular complexity index is 395. The first kappa shape index (κ1) is 15.0. The van der Waals surface area contributed by atoms with Crippen molar-refractivity contribution in [2.24, 2.45) is 0 Å². The van der Waals surface area contributed by atoms with E-state index in [1.165, 1.54) is 24.0 Å². The van der Waals surface area contributed by atoms with Gasteiger partial charge in [-0.05, 0) is 36.8 Å². The van der Waals surface area contributed by atoms with Crippen molar-refractivity contribution in [2.45, 2.75) is 38.1 Å². The Morgan fingerprint density at radius 2 is 1.89 bits per heavy atom. The normalized spacial score (nSPS) is 20.3. The van der Waals surface area contributed by atoms with Crippen molar-refractivity contribution in [2.75, 3.05) is 6.54 Å². The number of halogens is 1. The van der Waals surface area contributed by atoms with Crippen molar-refractivity contribution in [3.8, 4) is 0 Å². The van der Waals surface area contributed by atoms with Crippen LogP contribution < -0.4 is 17.7 Å². The molecule has 3 N–H and O–H groups in total. The lowest BCUT2D eigenvalue weighted by atomic mass is 9.95. The number of rotatable bonds is 1. The van der Waals surface area contributed by atoms with Crippen molar-refractivity contribution in [3.05, 3.63) is 35.4 Å². The standard InChI is InChI=1S/C14H19NO2.ClH/c16-14(17)13-10-12-8-4-3-7-11(12)6-2-1-5-9-15-13;/h3-4,7-8,13,15H,1-2,5-6,9-10H2,(H,16,17);1H. The molecular weight excluding hydrogens is 250 g/mol. The topological polar surface area (TPSA) is 53.9 Å². The van der Waals surface area contributed by atoms with Crippen molar-refractivity contribution in [1.82, 2.24) is 0 Å². The number of nitrogens with two attached hydrogens (primary N) is 1. The number of carbonyl (C=O) groups is 1. The molecule has 0 radical (unpaired) electrons. The molecule has 0 bridgehead atoms. The summed E-state index contributed by atoms with van der Waals surface area (Å²) >= 11 is 0. The molecule has 4 heteroatoms. The predicted molar refractivity (Wildman–Crippen MR) is 65.9 cm³/mol. The maximum atomic E-state index is 11.2. The van der Waals surface area contributed by atoms with Crippen LogP contribution in [0.15, 0.2) is 24.3 Å². The van der Waals surface area contributed by atoms with E-state index in [2.05, 4.69) is 12.1 Å². The number of benzene rings is 1. The molecule has 1 aliphatic rings. The second kappa shape index (κ2) is 7.39. The molecule has 18 heavy (non-hydrogen) atoms. The van der Waals surface area contributed by atoms with Crippen LogP contribution in [-0.2, 0) is 17.6 Å². The van der Waals surface area contributed by atoms with Crippen LogP contribution in [0.4, 0.5) is 0 Å². The van der Waals surface area contributed by atoms with E-state index >= 15 is 0 Å². The van der Waals surface area contributed by atoms with Gasteiger partial charge in [-0.2, -0.15) is 0 Å². The first-order valence-corrected chi connectivity index (χ1v) is 6.40. The summed E-state index contributed by atoms with van der Waals surface area (Å²) < 4.78 is 0. The Labute approximate surface area is 114 Å². The van der Waals surface area contributed by atoms with Gasteiger partial charge in [0.2, 0.25) is 0 Å². The molecule has 0 aliphatic carbocycles. The fraction of sp³-hybridized carbons (Fsp3) is 0.500. The lowest BCUT2D eigenvalue weighted by Crippen LogP contribution is -3.00. The van der Waals surface area contributed by atoms with Crippen LogP contribution in [-0.4, -0.2) is 23.7 Å². The molecule has 0 aromatic heterocycles. The number of aliphatic carboxylic acids is 1. The van der Waals surface area contributed by atoms with E-state index < -0.39 is 5.97 Å². The first-order chi connectivity index (χ1) is 8.27. The van der Waals surface area contributed by atoms with E-state index in [-0.39, 0.29) is 18.4 Å². The summed E-state index contributed by atoms with van der Waals surface area (Å²) in [6, 6.07) is 7.93. The van der Waals surface area contributed by atoms with Gasteiger partial charge in [0.15, 0.2) is 6.04 Å². The third-order valence-corrected chi connectivity index (χ3v) is 3.48. The fourth-order valence-corrected chi connectivity index (χ4v) is 2.46. The second-order valence-corrected chi connectivity index (χ2v) is 4.75. The monoisotopic (exact) mass is 269 g/mol. The Balaban J connectivity index is 0.00000162. The second-order valence-electron chi connectivity index (χ2n) is 4.75. The van der Waals surface area contributed by atoms with Crippen molar-refractivity contribution >= 4 is 5.97 Å². The highest BCUT2D eigenvalue weighted by atomic mass is 35.5. The van der Waals surface area contributed by atoms with Gasteiger partial charge in [-0.15, -0.1) is 0 Å². The molecule has 1 aromatic carbocycles. The Hall–Kier alpha value is -1.06. The van der Waals surface area contributed by atoms with Gasteiger partial charge in [0, 0.05) is 6.42 Å². The summed E-state index contributed by atoms with van der Waals surface area (Å²) in [5, 5.41) is 11.2. The molecule has 1 atom stereocenters. The van der Waals surface area contributed by atoms with Gasteiger partial charge in [0.25, 0.3) is 0 Å². The number of hydrogen-bond acceptors (Lipinski definition) is 1. The highest BCUT2D eigenvalue weighted by molar-refractivity contribution is 5.72. The van der Waals surface area contributed by atoms with Crippen LogP contribution in [0.3, 0.4) is 0 Å². The largest absolute Gasteiger partial charge is 1.00 e. The number of carboxylic acids is 1. The van der Waals surface area contributed by atoms with Gasteiger partial charge in [0.05, 0.1) is 6.54 Å². The quantitative estimate of drug-likeness (QED) is 0.618. The summed E-state index contributed by atoms with van der Waals surface area (Å²) in [7, 11) is 0. The van der Waals surface area contributed by atoms with Gasteiger partial charge in [-0.25, -0.2) is 4.79 Å². The molecule has 1 heterocycles. The summed E-state index contributed by atoms with van der Waals surface area (Å²) in [6.07, 6.45) is 5.25. The average Bonchev–Trinajstić information content (AvgIpc) is 2.34. The van der Waals surface area contributed by atoms with E-state index in [0.29, 0.717) is 6.42 Å². The van der Waals surface area contributed by atoms with Gasteiger partial charge in [-0.1, -0.05) is 24.3 Å². The highest BCUT2D eigenvalue weighted by Crippen LogP contribution is 2.15. The van der Waals surface area contributed by atoms with E-state index in [9.17, 15) is 9.90 Å². The zero-order chi connectivity index (χ0) is 12.1. The lowest BCUT2D eigenvalue weighted by Gasteiger charge is -2.16. The molecule has 1 aliphatic heterocycles. The Kier molecular flexibility index (Phi) is 6.16. The zero-order valence-electron chi connectivity index (χ0n) is 10.4. The van der Waals surface area contributed by atoms with E-state index in [1.54, 1.807) is 0 Å². The zero-order valence-corrected chi connectivity index (χ0v) is 11.2. The van der Waals surface area contributed by atoms with Crippen LogP contribution in [0.5, 0.6) is 0 Å². The number of quaternary nitrogens is 1. The number of aryl methyl sites for hydroxylation is 1. The summed E-state index contributed by atoms with van der Waals surface area (Å²) in [4.78, 5) is 11.2. The maximum absolute atomic E-state index is 11.2. The average molecular weight is 270 g/mol. The molecule has 3 nitrogen and oxygen atoms in total. The number of hydrogen-bond donors (Lipinski definition) is 2. The maximum Gasteiger partial charge on any atom is 0.362 e. The van der Waals surface area contributed by atoms with Gasteiger partial charge in [-0.3, -0.25) is 0 Å².